The molecular weight excluding hydrogens is 462 g/mol. The van der Waals surface area contributed by atoms with Crippen molar-refractivity contribution in [1.29, 1.82) is 0 Å². The lowest BCUT2D eigenvalue weighted by Gasteiger charge is -2.41. The fourth-order valence-corrected chi connectivity index (χ4v) is 6.42. The van der Waals surface area contributed by atoms with Gasteiger partial charge in [-0.3, -0.25) is 19.5 Å². The molecule has 0 unspecified atom stereocenters. The molecule has 4 amide bonds. The van der Waals surface area contributed by atoms with Crippen LogP contribution in [0.15, 0.2) is 41.4 Å². The lowest BCUT2D eigenvalue weighted by atomic mass is 9.73. The van der Waals surface area contributed by atoms with Gasteiger partial charge in [-0.05, 0) is 73.1 Å². The number of piperidine rings is 2. The fraction of sp³-hybridized carbons (Fsp3) is 0.538. The van der Waals surface area contributed by atoms with Crippen LogP contribution in [0.4, 0.5) is 4.79 Å². The quantitative estimate of drug-likeness (QED) is 0.596. The SMILES string of the molecule is O=C(CCN1CCCCC1)N1CCC([C@]2(c3cccnc3)NC(=O)N(Cc3ccsc3)C2=O)CC1. The van der Waals surface area contributed by atoms with E-state index in [0.717, 1.165) is 25.2 Å². The van der Waals surface area contributed by atoms with Crippen LogP contribution in [0.2, 0.25) is 0 Å². The molecule has 0 bridgehead atoms. The first kappa shape index (κ1) is 23.9. The van der Waals surface area contributed by atoms with Gasteiger partial charge in [-0.2, -0.15) is 11.3 Å². The van der Waals surface area contributed by atoms with Gasteiger partial charge in [-0.1, -0.05) is 12.5 Å². The van der Waals surface area contributed by atoms with E-state index in [1.807, 2.05) is 27.8 Å². The minimum absolute atomic E-state index is 0.109. The summed E-state index contributed by atoms with van der Waals surface area (Å²) in [6.07, 6.45) is 8.94. The van der Waals surface area contributed by atoms with E-state index >= 15 is 0 Å². The van der Waals surface area contributed by atoms with Gasteiger partial charge in [0.1, 0.15) is 0 Å². The largest absolute Gasteiger partial charge is 0.343 e. The number of rotatable bonds is 7. The summed E-state index contributed by atoms with van der Waals surface area (Å²) in [6.45, 7) is 4.45. The van der Waals surface area contributed by atoms with E-state index in [0.29, 0.717) is 37.9 Å². The predicted octanol–water partition coefficient (Wildman–Crippen LogP) is 3.21. The molecule has 8 nitrogen and oxygen atoms in total. The van der Waals surface area contributed by atoms with Gasteiger partial charge < -0.3 is 15.1 Å². The van der Waals surface area contributed by atoms with Crippen molar-refractivity contribution in [1.82, 2.24) is 25.0 Å². The molecule has 1 N–H and O–H groups in total. The number of carbonyl (C=O) groups excluding carboxylic acids is 3. The number of aromatic nitrogens is 1. The van der Waals surface area contributed by atoms with Crippen molar-refractivity contribution < 1.29 is 14.4 Å². The lowest BCUT2D eigenvalue weighted by molar-refractivity contribution is -0.136. The van der Waals surface area contributed by atoms with Gasteiger partial charge >= 0.3 is 6.03 Å². The molecule has 0 saturated carbocycles. The molecule has 186 valence electrons. The highest BCUT2D eigenvalue weighted by molar-refractivity contribution is 7.07. The number of hydrogen-bond donors (Lipinski definition) is 1. The van der Waals surface area contributed by atoms with Crippen LogP contribution in [0.1, 0.15) is 49.7 Å². The Labute approximate surface area is 210 Å². The number of nitrogens with zero attached hydrogens (tertiary/aromatic N) is 4. The minimum Gasteiger partial charge on any atom is -0.343 e. The summed E-state index contributed by atoms with van der Waals surface area (Å²) < 4.78 is 0. The van der Waals surface area contributed by atoms with Crippen LogP contribution in [0.25, 0.3) is 0 Å². The highest BCUT2D eigenvalue weighted by Gasteiger charge is 2.57. The van der Waals surface area contributed by atoms with Crippen molar-refractivity contribution in [3.05, 3.63) is 52.5 Å². The molecule has 5 rings (SSSR count). The Hall–Kier alpha value is -2.78. The first-order valence-electron chi connectivity index (χ1n) is 12.6. The first-order chi connectivity index (χ1) is 17.1. The zero-order chi connectivity index (χ0) is 24.3. The number of thiophene rings is 1. The number of carbonyl (C=O) groups is 3. The number of amides is 4. The number of pyridine rings is 1. The normalized spacial score (nSPS) is 24.1. The zero-order valence-electron chi connectivity index (χ0n) is 20.0. The van der Waals surface area contributed by atoms with Crippen LogP contribution in [-0.2, 0) is 21.7 Å². The maximum atomic E-state index is 13.9. The Morgan fingerprint density at radius 2 is 1.91 bits per heavy atom. The van der Waals surface area contributed by atoms with E-state index in [1.165, 1.54) is 24.2 Å². The van der Waals surface area contributed by atoms with Crippen molar-refractivity contribution >= 4 is 29.2 Å². The third-order valence-corrected chi connectivity index (χ3v) is 8.45. The summed E-state index contributed by atoms with van der Waals surface area (Å²) in [4.78, 5) is 49.8. The molecule has 5 heterocycles. The first-order valence-corrected chi connectivity index (χ1v) is 13.6. The Bertz CT molecular complexity index is 1030. The second kappa shape index (κ2) is 10.5. The minimum atomic E-state index is -1.15. The molecule has 1 atom stereocenters. The van der Waals surface area contributed by atoms with Crippen molar-refractivity contribution in [2.45, 2.75) is 50.6 Å². The molecule has 3 saturated heterocycles. The Balaban J connectivity index is 1.29. The maximum absolute atomic E-state index is 13.9. The summed E-state index contributed by atoms with van der Waals surface area (Å²) in [5, 5.41) is 6.97. The second-order valence-electron chi connectivity index (χ2n) is 9.81. The molecule has 2 aromatic heterocycles. The molecule has 9 heteroatoms. The van der Waals surface area contributed by atoms with Gasteiger partial charge in [-0.15, -0.1) is 0 Å². The molecule has 0 radical (unpaired) electrons. The standard InChI is InChI=1S/C26H33N5O3S/c32-23(8-13-29-11-2-1-3-12-29)30-14-6-21(7-15-30)26(22-5-4-10-27-17-22)24(33)31(25(34)28-26)18-20-9-16-35-19-20/h4-5,9-10,16-17,19,21H,1-3,6-8,11-15,18H2,(H,28,34)/t26-/m1/s1. The van der Waals surface area contributed by atoms with Gasteiger partial charge in [0, 0.05) is 44.0 Å². The average molecular weight is 496 g/mol. The second-order valence-corrected chi connectivity index (χ2v) is 10.6. The average Bonchev–Trinajstić information content (AvgIpc) is 3.51. The molecular formula is C26H33N5O3S. The van der Waals surface area contributed by atoms with Gasteiger partial charge in [0.05, 0.1) is 6.54 Å². The molecule has 0 aromatic carbocycles. The highest BCUT2D eigenvalue weighted by Crippen LogP contribution is 2.41. The summed E-state index contributed by atoms with van der Waals surface area (Å²) in [7, 11) is 0. The Morgan fingerprint density at radius 1 is 1.11 bits per heavy atom. The van der Waals surface area contributed by atoms with Crippen LogP contribution in [0.5, 0.6) is 0 Å². The Morgan fingerprint density at radius 3 is 2.60 bits per heavy atom. The van der Waals surface area contributed by atoms with Crippen molar-refractivity contribution in [2.75, 3.05) is 32.7 Å². The highest BCUT2D eigenvalue weighted by atomic mass is 32.1. The molecule has 35 heavy (non-hydrogen) atoms. The Kier molecular flexibility index (Phi) is 7.15. The molecule has 3 aliphatic heterocycles. The van der Waals surface area contributed by atoms with Crippen LogP contribution in [0.3, 0.4) is 0 Å². The van der Waals surface area contributed by atoms with Crippen LogP contribution in [0, 0.1) is 5.92 Å². The van der Waals surface area contributed by atoms with E-state index < -0.39 is 5.54 Å². The number of nitrogens with one attached hydrogen (secondary N) is 1. The van der Waals surface area contributed by atoms with Crippen molar-refractivity contribution in [2.24, 2.45) is 5.92 Å². The number of hydrogen-bond acceptors (Lipinski definition) is 6. The molecule has 3 fully saturated rings. The smallest absolute Gasteiger partial charge is 0.325 e. The predicted molar refractivity (Wildman–Crippen MR) is 134 cm³/mol. The maximum Gasteiger partial charge on any atom is 0.325 e. The van der Waals surface area contributed by atoms with Crippen molar-refractivity contribution in [3.8, 4) is 0 Å². The number of urea groups is 1. The van der Waals surface area contributed by atoms with E-state index in [2.05, 4.69) is 15.2 Å². The lowest BCUT2D eigenvalue weighted by Crippen LogP contribution is -2.54. The third kappa shape index (κ3) is 4.84. The van der Waals surface area contributed by atoms with Gasteiger partial charge in [0.25, 0.3) is 5.91 Å². The van der Waals surface area contributed by atoms with E-state index in [4.69, 9.17) is 0 Å². The van der Waals surface area contributed by atoms with E-state index in [9.17, 15) is 14.4 Å². The molecule has 2 aromatic rings. The van der Waals surface area contributed by atoms with Crippen LogP contribution < -0.4 is 5.32 Å². The summed E-state index contributed by atoms with van der Waals surface area (Å²) in [5.41, 5.74) is 0.500. The van der Waals surface area contributed by atoms with Gasteiger partial charge in [0.2, 0.25) is 5.91 Å². The third-order valence-electron chi connectivity index (χ3n) is 7.72. The summed E-state index contributed by atoms with van der Waals surface area (Å²) in [5.74, 6) is -0.149. The van der Waals surface area contributed by atoms with E-state index in [-0.39, 0.29) is 30.3 Å². The monoisotopic (exact) mass is 495 g/mol. The summed E-state index contributed by atoms with van der Waals surface area (Å²) in [6, 6.07) is 5.24. The fourth-order valence-electron chi connectivity index (χ4n) is 5.76. The van der Waals surface area contributed by atoms with Gasteiger partial charge in [-0.25, -0.2) is 4.79 Å². The van der Waals surface area contributed by atoms with Crippen LogP contribution in [-0.4, -0.2) is 70.3 Å². The molecule has 0 aliphatic carbocycles. The number of imide groups is 1. The molecule has 0 spiro atoms. The molecule has 3 aliphatic rings. The number of likely N-dealkylation sites (tertiary alicyclic amines) is 2. The summed E-state index contributed by atoms with van der Waals surface area (Å²) >= 11 is 1.55. The van der Waals surface area contributed by atoms with Gasteiger partial charge in [0.15, 0.2) is 5.54 Å². The van der Waals surface area contributed by atoms with Crippen molar-refractivity contribution in [3.63, 3.8) is 0 Å². The van der Waals surface area contributed by atoms with Crippen LogP contribution >= 0.6 is 11.3 Å². The zero-order valence-corrected chi connectivity index (χ0v) is 20.8. The topological polar surface area (TPSA) is 85.8 Å². The van der Waals surface area contributed by atoms with E-state index in [1.54, 1.807) is 29.8 Å².